The summed E-state index contributed by atoms with van der Waals surface area (Å²) in [6.45, 7) is 2.38. The lowest BCUT2D eigenvalue weighted by Gasteiger charge is -2.39. The third-order valence-electron chi connectivity index (χ3n) is 5.75. The first-order valence-electron chi connectivity index (χ1n) is 9.06. The van der Waals surface area contributed by atoms with E-state index in [0.29, 0.717) is 39.1 Å². The highest BCUT2D eigenvalue weighted by Crippen LogP contribution is 2.39. The maximum absolute atomic E-state index is 13.7. The highest BCUT2D eigenvalue weighted by molar-refractivity contribution is 5.89. The Morgan fingerprint density at radius 3 is 2.69 bits per heavy atom. The summed E-state index contributed by atoms with van der Waals surface area (Å²) >= 11 is 0. The number of amides is 1. The number of carbonyl (C=O) groups excluding carboxylic acids is 1. The fourth-order valence-corrected chi connectivity index (χ4v) is 4.26. The SMILES string of the molecule is CO[C@@H]1CN(C(=O)C2(c3ccccc3)CCOCC2)C[C@H]1c1cn[nH]n1. The molecule has 2 aliphatic heterocycles. The molecule has 26 heavy (non-hydrogen) atoms. The van der Waals surface area contributed by atoms with E-state index in [1.54, 1.807) is 13.3 Å². The molecule has 0 spiro atoms. The van der Waals surface area contributed by atoms with Crippen molar-refractivity contribution >= 4 is 5.91 Å². The minimum absolute atomic E-state index is 0.0374. The maximum atomic E-state index is 13.7. The average molecular weight is 356 g/mol. The van der Waals surface area contributed by atoms with Crippen molar-refractivity contribution in [2.24, 2.45) is 0 Å². The Hall–Kier alpha value is -2.25. The Balaban J connectivity index is 1.62. The molecule has 0 radical (unpaired) electrons. The number of hydrogen-bond donors (Lipinski definition) is 1. The van der Waals surface area contributed by atoms with E-state index in [2.05, 4.69) is 27.5 Å². The van der Waals surface area contributed by atoms with Gasteiger partial charge in [0.1, 0.15) is 0 Å². The van der Waals surface area contributed by atoms with Gasteiger partial charge < -0.3 is 14.4 Å². The molecule has 2 fully saturated rings. The monoisotopic (exact) mass is 356 g/mol. The van der Waals surface area contributed by atoms with Crippen LogP contribution in [0.4, 0.5) is 0 Å². The first-order chi connectivity index (χ1) is 12.7. The maximum Gasteiger partial charge on any atom is 0.233 e. The third kappa shape index (κ3) is 2.91. The molecule has 7 heteroatoms. The number of aromatic amines is 1. The summed E-state index contributed by atoms with van der Waals surface area (Å²) in [5.41, 5.74) is 1.40. The van der Waals surface area contributed by atoms with Crippen molar-refractivity contribution in [3.63, 3.8) is 0 Å². The van der Waals surface area contributed by atoms with E-state index in [1.165, 1.54) is 0 Å². The van der Waals surface area contributed by atoms with Gasteiger partial charge in [0.05, 0.1) is 29.3 Å². The van der Waals surface area contributed by atoms with Crippen LogP contribution in [0.15, 0.2) is 36.5 Å². The van der Waals surface area contributed by atoms with Crippen LogP contribution in [0.5, 0.6) is 0 Å². The van der Waals surface area contributed by atoms with E-state index in [4.69, 9.17) is 9.47 Å². The largest absolute Gasteiger partial charge is 0.381 e. The Morgan fingerprint density at radius 2 is 2.04 bits per heavy atom. The van der Waals surface area contributed by atoms with Crippen molar-refractivity contribution in [2.45, 2.75) is 30.3 Å². The van der Waals surface area contributed by atoms with Crippen LogP contribution in [0.2, 0.25) is 0 Å². The number of likely N-dealkylation sites (tertiary alicyclic amines) is 1. The highest BCUT2D eigenvalue weighted by atomic mass is 16.5. The smallest absolute Gasteiger partial charge is 0.233 e. The summed E-state index contributed by atoms with van der Waals surface area (Å²) < 4.78 is 11.2. The second kappa shape index (κ2) is 7.17. The third-order valence-corrected chi connectivity index (χ3v) is 5.75. The summed E-state index contributed by atoms with van der Waals surface area (Å²) in [5, 5.41) is 10.8. The zero-order valence-electron chi connectivity index (χ0n) is 14.9. The first-order valence-corrected chi connectivity index (χ1v) is 9.06. The molecular formula is C19H24N4O3. The minimum atomic E-state index is -0.517. The number of rotatable bonds is 4. The molecule has 2 atom stereocenters. The first kappa shape index (κ1) is 17.2. The zero-order chi connectivity index (χ0) is 18.0. The highest BCUT2D eigenvalue weighted by Gasteiger charge is 2.48. The van der Waals surface area contributed by atoms with Gasteiger partial charge in [-0.25, -0.2) is 0 Å². The molecule has 1 amide bonds. The predicted octanol–water partition coefficient (Wildman–Crippen LogP) is 1.49. The molecule has 3 heterocycles. The number of H-pyrrole nitrogens is 1. The molecule has 2 aliphatic rings. The van der Waals surface area contributed by atoms with Gasteiger partial charge in [0.15, 0.2) is 0 Å². The van der Waals surface area contributed by atoms with Gasteiger partial charge in [-0.2, -0.15) is 15.4 Å². The predicted molar refractivity (Wildman–Crippen MR) is 94.7 cm³/mol. The molecule has 0 saturated carbocycles. The summed E-state index contributed by atoms with van der Waals surface area (Å²) in [6.07, 6.45) is 3.06. The van der Waals surface area contributed by atoms with Gasteiger partial charge in [0, 0.05) is 33.4 Å². The van der Waals surface area contributed by atoms with Gasteiger partial charge in [-0.05, 0) is 18.4 Å². The molecule has 1 aromatic heterocycles. The fourth-order valence-electron chi connectivity index (χ4n) is 4.26. The Kier molecular flexibility index (Phi) is 4.74. The van der Waals surface area contributed by atoms with Crippen LogP contribution in [0.1, 0.15) is 30.0 Å². The number of methoxy groups -OCH3 is 1. The second-order valence-corrected chi connectivity index (χ2v) is 7.05. The van der Waals surface area contributed by atoms with Crippen LogP contribution >= 0.6 is 0 Å². The Morgan fingerprint density at radius 1 is 1.27 bits per heavy atom. The summed E-state index contributed by atoms with van der Waals surface area (Å²) in [4.78, 5) is 15.6. The number of benzene rings is 1. The minimum Gasteiger partial charge on any atom is -0.381 e. The second-order valence-electron chi connectivity index (χ2n) is 7.05. The normalized spacial score (nSPS) is 25.3. The van der Waals surface area contributed by atoms with E-state index in [1.807, 2.05) is 23.1 Å². The molecule has 1 N–H and O–H groups in total. The lowest BCUT2D eigenvalue weighted by Crippen LogP contribution is -2.49. The standard InChI is InChI=1S/C19H24N4O3/c1-25-17-13-23(12-15(17)16-11-20-22-21-16)18(24)19(7-9-26-10-8-19)14-5-3-2-4-6-14/h2-6,11,15,17H,7-10,12-13H2,1H3,(H,20,21,22)/t15-,17+/m0/s1. The number of nitrogens with one attached hydrogen (secondary N) is 1. The van der Waals surface area contributed by atoms with E-state index >= 15 is 0 Å². The Labute approximate surface area is 152 Å². The number of carbonyl (C=O) groups is 1. The molecule has 2 aromatic rings. The van der Waals surface area contributed by atoms with Gasteiger partial charge in [-0.15, -0.1) is 0 Å². The summed E-state index contributed by atoms with van der Waals surface area (Å²) in [5.74, 6) is 0.204. The van der Waals surface area contributed by atoms with Gasteiger partial charge in [-0.3, -0.25) is 4.79 Å². The average Bonchev–Trinajstić information content (AvgIpc) is 3.38. The van der Waals surface area contributed by atoms with Crippen molar-refractivity contribution in [2.75, 3.05) is 33.4 Å². The van der Waals surface area contributed by atoms with E-state index in [0.717, 1.165) is 11.3 Å². The molecule has 1 aromatic carbocycles. The van der Waals surface area contributed by atoms with Gasteiger partial charge >= 0.3 is 0 Å². The van der Waals surface area contributed by atoms with Crippen LogP contribution in [0, 0.1) is 0 Å². The number of aromatic nitrogens is 3. The zero-order valence-corrected chi connectivity index (χ0v) is 14.9. The van der Waals surface area contributed by atoms with Crippen molar-refractivity contribution < 1.29 is 14.3 Å². The fraction of sp³-hybridized carbons (Fsp3) is 0.526. The molecule has 4 rings (SSSR count). The van der Waals surface area contributed by atoms with Crippen LogP contribution < -0.4 is 0 Å². The van der Waals surface area contributed by atoms with E-state index < -0.39 is 5.41 Å². The number of hydrogen-bond acceptors (Lipinski definition) is 5. The van der Waals surface area contributed by atoms with Crippen LogP contribution in [-0.4, -0.2) is 65.7 Å². The van der Waals surface area contributed by atoms with E-state index in [-0.39, 0.29) is 17.9 Å². The van der Waals surface area contributed by atoms with Crippen LogP contribution in [0.25, 0.3) is 0 Å². The molecule has 7 nitrogen and oxygen atoms in total. The lowest BCUT2D eigenvalue weighted by atomic mass is 9.73. The van der Waals surface area contributed by atoms with Gasteiger partial charge in [0.2, 0.25) is 5.91 Å². The molecular weight excluding hydrogens is 332 g/mol. The van der Waals surface area contributed by atoms with E-state index in [9.17, 15) is 4.79 Å². The van der Waals surface area contributed by atoms with Crippen molar-refractivity contribution in [3.05, 3.63) is 47.8 Å². The molecule has 0 bridgehead atoms. The molecule has 2 saturated heterocycles. The summed E-state index contributed by atoms with van der Waals surface area (Å²) in [6, 6.07) is 10.1. The Bertz CT molecular complexity index is 729. The van der Waals surface area contributed by atoms with Crippen molar-refractivity contribution in [1.82, 2.24) is 20.3 Å². The van der Waals surface area contributed by atoms with Gasteiger partial charge in [0.25, 0.3) is 0 Å². The number of nitrogens with zero attached hydrogens (tertiary/aromatic N) is 3. The van der Waals surface area contributed by atoms with Crippen molar-refractivity contribution in [1.29, 1.82) is 0 Å². The van der Waals surface area contributed by atoms with Gasteiger partial charge in [-0.1, -0.05) is 30.3 Å². The molecule has 0 aliphatic carbocycles. The van der Waals surface area contributed by atoms with Crippen LogP contribution in [-0.2, 0) is 19.7 Å². The quantitative estimate of drug-likeness (QED) is 0.898. The molecule has 0 unspecified atom stereocenters. The molecule has 138 valence electrons. The lowest BCUT2D eigenvalue weighted by molar-refractivity contribution is -0.140. The van der Waals surface area contributed by atoms with Crippen molar-refractivity contribution in [3.8, 4) is 0 Å². The van der Waals surface area contributed by atoms with Crippen LogP contribution in [0.3, 0.4) is 0 Å². The summed E-state index contributed by atoms with van der Waals surface area (Å²) in [7, 11) is 1.69. The topological polar surface area (TPSA) is 80.3 Å². The number of ether oxygens (including phenoxy) is 2.